The fourth-order valence-corrected chi connectivity index (χ4v) is 4.32. The molecule has 0 atom stereocenters. The van der Waals surface area contributed by atoms with Crippen LogP contribution in [0.2, 0.25) is 0 Å². The summed E-state index contributed by atoms with van der Waals surface area (Å²) in [5.41, 5.74) is 5.62. The van der Waals surface area contributed by atoms with Gasteiger partial charge in [0, 0.05) is 11.1 Å². The number of fused-ring (bicyclic) bond motifs is 1. The lowest BCUT2D eigenvalue weighted by Crippen LogP contribution is -2.22. The molecule has 0 fully saturated rings. The SMILES string of the molecule is NC(=O)c1c(NC(=O)Cn2ccc(C(F)(F)F)n2)sc2c1CCCCC2. The van der Waals surface area contributed by atoms with Crippen molar-refractivity contribution in [2.24, 2.45) is 5.73 Å². The molecule has 0 unspecified atom stereocenters. The normalized spacial score (nSPS) is 14.6. The lowest BCUT2D eigenvalue weighted by atomic mass is 10.1. The standard InChI is InChI=1S/C16H17F3N4O2S/c17-16(18,19)11-6-7-23(22-11)8-12(24)21-15-13(14(20)25)9-4-2-1-3-5-10(9)26-15/h6-7H,1-5,8H2,(H2,20,25)(H,21,24). The second-order valence-electron chi connectivity index (χ2n) is 6.08. The number of thiophene rings is 1. The van der Waals surface area contributed by atoms with Crippen molar-refractivity contribution >= 4 is 28.2 Å². The van der Waals surface area contributed by atoms with Crippen LogP contribution >= 0.6 is 11.3 Å². The van der Waals surface area contributed by atoms with E-state index in [2.05, 4.69) is 10.4 Å². The van der Waals surface area contributed by atoms with Crippen molar-refractivity contribution in [3.8, 4) is 0 Å². The zero-order valence-corrected chi connectivity index (χ0v) is 14.5. The molecule has 140 valence electrons. The fraction of sp³-hybridized carbons (Fsp3) is 0.438. The highest BCUT2D eigenvalue weighted by molar-refractivity contribution is 7.17. The van der Waals surface area contributed by atoms with Gasteiger partial charge in [-0.25, -0.2) is 0 Å². The maximum Gasteiger partial charge on any atom is 0.435 e. The molecule has 2 amide bonds. The Labute approximate surface area is 151 Å². The molecule has 26 heavy (non-hydrogen) atoms. The molecule has 0 radical (unpaired) electrons. The van der Waals surface area contributed by atoms with E-state index in [1.165, 1.54) is 11.3 Å². The van der Waals surface area contributed by atoms with Gasteiger partial charge in [0.2, 0.25) is 5.91 Å². The van der Waals surface area contributed by atoms with E-state index >= 15 is 0 Å². The van der Waals surface area contributed by atoms with Gasteiger partial charge in [-0.2, -0.15) is 18.3 Å². The van der Waals surface area contributed by atoms with Crippen LogP contribution in [0.4, 0.5) is 18.2 Å². The van der Waals surface area contributed by atoms with Crippen molar-refractivity contribution in [3.63, 3.8) is 0 Å². The third kappa shape index (κ3) is 3.90. The van der Waals surface area contributed by atoms with Crippen molar-refractivity contribution in [2.75, 3.05) is 5.32 Å². The molecular formula is C16H17F3N4O2S. The lowest BCUT2D eigenvalue weighted by molar-refractivity contribution is -0.141. The first-order chi connectivity index (χ1) is 12.3. The van der Waals surface area contributed by atoms with E-state index < -0.39 is 30.2 Å². The fourth-order valence-electron chi connectivity index (χ4n) is 3.01. The van der Waals surface area contributed by atoms with Crippen LogP contribution in [-0.4, -0.2) is 21.6 Å². The first kappa shape index (κ1) is 18.4. The van der Waals surface area contributed by atoms with Gasteiger partial charge in [0.15, 0.2) is 5.69 Å². The second kappa shape index (κ2) is 7.10. The van der Waals surface area contributed by atoms with Crippen LogP contribution in [0, 0.1) is 0 Å². The second-order valence-corrected chi connectivity index (χ2v) is 7.18. The Balaban J connectivity index is 1.77. The molecule has 6 nitrogen and oxygen atoms in total. The number of nitrogens with zero attached hydrogens (tertiary/aromatic N) is 2. The van der Waals surface area contributed by atoms with E-state index in [0.29, 0.717) is 10.6 Å². The highest BCUT2D eigenvalue weighted by Crippen LogP contribution is 2.37. The van der Waals surface area contributed by atoms with Gasteiger partial charge in [-0.1, -0.05) is 6.42 Å². The number of hydrogen-bond acceptors (Lipinski definition) is 4. The quantitative estimate of drug-likeness (QED) is 0.792. The molecule has 2 aromatic rings. The van der Waals surface area contributed by atoms with Gasteiger partial charge < -0.3 is 11.1 Å². The molecule has 0 saturated carbocycles. The van der Waals surface area contributed by atoms with E-state index in [1.807, 2.05) is 0 Å². The van der Waals surface area contributed by atoms with Crippen molar-refractivity contribution in [2.45, 2.75) is 44.8 Å². The van der Waals surface area contributed by atoms with Crippen LogP contribution in [0.3, 0.4) is 0 Å². The monoisotopic (exact) mass is 386 g/mol. The molecule has 1 aliphatic rings. The Hall–Kier alpha value is -2.36. The number of halogens is 3. The Kier molecular flexibility index (Phi) is 5.03. The summed E-state index contributed by atoms with van der Waals surface area (Å²) in [5, 5.41) is 6.30. The number of nitrogens with one attached hydrogen (secondary N) is 1. The maximum absolute atomic E-state index is 12.6. The first-order valence-corrected chi connectivity index (χ1v) is 8.92. The number of rotatable bonds is 4. The minimum atomic E-state index is -4.56. The van der Waals surface area contributed by atoms with E-state index in [1.54, 1.807) is 0 Å². The van der Waals surface area contributed by atoms with Gasteiger partial charge in [-0.15, -0.1) is 11.3 Å². The number of carbonyl (C=O) groups is 2. The van der Waals surface area contributed by atoms with Crippen molar-refractivity contribution in [1.82, 2.24) is 9.78 Å². The Morgan fingerprint density at radius 1 is 1.27 bits per heavy atom. The average molecular weight is 386 g/mol. The summed E-state index contributed by atoms with van der Waals surface area (Å²) >= 11 is 1.31. The average Bonchev–Trinajstić information content (AvgIpc) is 3.06. The summed E-state index contributed by atoms with van der Waals surface area (Å²) in [6.07, 6.45) is 1.10. The van der Waals surface area contributed by atoms with Crippen molar-refractivity contribution in [3.05, 3.63) is 34.0 Å². The number of aromatic nitrogens is 2. The van der Waals surface area contributed by atoms with Gasteiger partial charge in [0.25, 0.3) is 5.91 Å². The molecule has 0 spiro atoms. The Bertz CT molecular complexity index is 841. The number of hydrogen-bond donors (Lipinski definition) is 2. The van der Waals surface area contributed by atoms with Crippen LogP contribution < -0.4 is 11.1 Å². The molecular weight excluding hydrogens is 369 g/mol. The van der Waals surface area contributed by atoms with E-state index in [9.17, 15) is 22.8 Å². The number of anilines is 1. The summed E-state index contributed by atoms with van der Waals surface area (Å²) in [5.74, 6) is -1.18. The maximum atomic E-state index is 12.6. The van der Waals surface area contributed by atoms with E-state index in [4.69, 9.17) is 5.73 Å². The number of carbonyl (C=O) groups excluding carboxylic acids is 2. The van der Waals surface area contributed by atoms with Crippen LogP contribution in [0.5, 0.6) is 0 Å². The van der Waals surface area contributed by atoms with Gasteiger partial charge >= 0.3 is 6.18 Å². The molecule has 0 aromatic carbocycles. The van der Waals surface area contributed by atoms with Gasteiger partial charge in [0.05, 0.1) is 5.56 Å². The predicted molar refractivity (Wildman–Crippen MR) is 90.0 cm³/mol. The number of aryl methyl sites for hydroxylation is 1. The van der Waals surface area contributed by atoms with Crippen LogP contribution in [0.1, 0.15) is 45.8 Å². The number of primary amides is 1. The highest BCUT2D eigenvalue weighted by Gasteiger charge is 2.33. The largest absolute Gasteiger partial charge is 0.435 e. The van der Waals surface area contributed by atoms with Gasteiger partial charge in [0.1, 0.15) is 11.5 Å². The minimum absolute atomic E-state index is 0.316. The third-order valence-electron chi connectivity index (χ3n) is 4.16. The Morgan fingerprint density at radius 3 is 2.65 bits per heavy atom. The zero-order chi connectivity index (χ0) is 18.9. The zero-order valence-electron chi connectivity index (χ0n) is 13.7. The number of amides is 2. The minimum Gasteiger partial charge on any atom is -0.365 e. The molecule has 3 N–H and O–H groups in total. The molecule has 1 aliphatic carbocycles. The molecule has 10 heteroatoms. The van der Waals surface area contributed by atoms with Crippen molar-refractivity contribution < 1.29 is 22.8 Å². The van der Waals surface area contributed by atoms with Crippen molar-refractivity contribution in [1.29, 1.82) is 0 Å². The summed E-state index contributed by atoms with van der Waals surface area (Å²) in [4.78, 5) is 25.1. The topological polar surface area (TPSA) is 90.0 Å². The molecule has 2 aromatic heterocycles. The van der Waals surface area contributed by atoms with Gasteiger partial charge in [-0.3, -0.25) is 14.3 Å². The first-order valence-electron chi connectivity index (χ1n) is 8.10. The predicted octanol–water partition coefficient (Wildman–Crippen LogP) is 2.97. The molecule has 2 heterocycles. The Morgan fingerprint density at radius 2 is 2.00 bits per heavy atom. The molecule has 3 rings (SSSR count). The summed E-state index contributed by atoms with van der Waals surface area (Å²) in [6, 6.07) is 0.801. The van der Waals surface area contributed by atoms with Crippen LogP contribution in [0.15, 0.2) is 12.3 Å². The highest BCUT2D eigenvalue weighted by atomic mass is 32.1. The number of nitrogens with two attached hydrogens (primary N) is 1. The van der Waals surface area contributed by atoms with Crippen LogP contribution in [0.25, 0.3) is 0 Å². The molecule has 0 saturated heterocycles. The smallest absolute Gasteiger partial charge is 0.365 e. The lowest BCUT2D eigenvalue weighted by Gasteiger charge is -2.07. The molecule has 0 bridgehead atoms. The summed E-state index contributed by atoms with van der Waals surface area (Å²) < 4.78 is 38.6. The number of alkyl halides is 3. The summed E-state index contributed by atoms with van der Waals surface area (Å²) in [7, 11) is 0. The van der Waals surface area contributed by atoms with Crippen LogP contribution in [-0.2, 0) is 30.4 Å². The molecule has 0 aliphatic heterocycles. The van der Waals surface area contributed by atoms with E-state index in [0.717, 1.165) is 59.5 Å². The third-order valence-corrected chi connectivity index (χ3v) is 5.36. The van der Waals surface area contributed by atoms with E-state index in [-0.39, 0.29) is 0 Å². The van der Waals surface area contributed by atoms with Gasteiger partial charge in [-0.05, 0) is 37.3 Å². The summed E-state index contributed by atoms with van der Waals surface area (Å²) in [6.45, 7) is -0.392.